The van der Waals surface area contributed by atoms with Gasteiger partial charge in [0.25, 0.3) is 0 Å². The molecule has 0 spiro atoms. The highest BCUT2D eigenvalue weighted by atomic mass is 32.1. The van der Waals surface area contributed by atoms with Gasteiger partial charge in [-0.1, -0.05) is 202 Å². The van der Waals surface area contributed by atoms with Gasteiger partial charge < -0.3 is 62.1 Å². The highest BCUT2D eigenvalue weighted by molar-refractivity contribution is 7.80. The van der Waals surface area contributed by atoms with Gasteiger partial charge in [0.15, 0.2) is 16.7 Å². The molecule has 9 N–H and O–H groups in total. The molecule has 2 aliphatic rings. The minimum atomic E-state index is -1.04. The van der Waals surface area contributed by atoms with Crippen LogP contribution in [0.5, 0.6) is 0 Å². The molecule has 22 heteroatoms. The molecule has 570 valence electrons. The number of ether oxygens (including phenoxy) is 3. The van der Waals surface area contributed by atoms with Crippen LogP contribution in [-0.2, 0) is 78.3 Å². The SMILES string of the molecule is C.C#C.CC(C)C[C@H](NC(=O)[C@H](CCc1ccccc1)NC(=O)OC(C)(C)C)C(=O)N[C@@H](Cc1ccccc1)C(=O)N[C@@H](CC(C)C)C(=O)[C@@]1(C)CO1.CC(C)C[C@H](NC(=O)[C@H](CCc1ccccc1)NC(=S)Nc1ccccc1)C(=O)N[C@@H](Cc1ccccc1)C(=O)N[C@@H](CC(C)C)C(=O)[C@@]1(C)CO1. The van der Waals surface area contributed by atoms with E-state index < -0.39 is 107 Å². The maximum absolute atomic E-state index is 14.1. The van der Waals surface area contributed by atoms with Crippen molar-refractivity contribution < 1.29 is 57.4 Å². The minimum Gasteiger partial charge on any atom is -0.444 e. The number of amides is 7. The molecule has 2 aliphatic heterocycles. The number of hydrogen-bond acceptors (Lipinski definition) is 13. The topological polar surface area (TPSA) is 296 Å². The van der Waals surface area contributed by atoms with E-state index in [0.717, 1.165) is 27.9 Å². The lowest BCUT2D eigenvalue weighted by Crippen LogP contribution is -2.59. The quantitative estimate of drug-likeness (QED) is 0.0101. The Hall–Kier alpha value is -9.30. The number of carbonyl (C=O) groups excluding carboxylic acids is 9. The number of Topliss-reactive ketones (excluding diaryl/α,β-unsaturated/α-hetero) is 2. The van der Waals surface area contributed by atoms with Crippen molar-refractivity contribution >= 4 is 76.1 Å². The van der Waals surface area contributed by atoms with Crippen molar-refractivity contribution in [2.45, 2.75) is 227 Å². The normalized spacial score (nSPS) is 17.1. The molecule has 21 nitrogen and oxygen atoms in total. The molecular formula is C83H115N9O12S. The van der Waals surface area contributed by atoms with Crippen LogP contribution < -0.4 is 47.9 Å². The molecule has 7 amide bonds. The zero-order valence-corrected chi connectivity index (χ0v) is 63.6. The van der Waals surface area contributed by atoms with Crippen LogP contribution in [-0.4, -0.2) is 137 Å². The molecule has 0 radical (unpaired) electrons. The van der Waals surface area contributed by atoms with Gasteiger partial charge in [-0.05, 0) is 156 Å². The first kappa shape index (κ1) is 88.1. The maximum Gasteiger partial charge on any atom is 0.408 e. The number of anilines is 1. The van der Waals surface area contributed by atoms with E-state index in [1.54, 1.807) is 34.6 Å². The Morgan fingerprint density at radius 3 is 0.990 bits per heavy atom. The van der Waals surface area contributed by atoms with Crippen LogP contribution in [0.3, 0.4) is 0 Å². The van der Waals surface area contributed by atoms with Gasteiger partial charge >= 0.3 is 6.09 Å². The smallest absolute Gasteiger partial charge is 0.408 e. The molecule has 0 unspecified atom stereocenters. The summed E-state index contributed by atoms with van der Waals surface area (Å²) in [5.41, 5.74) is 1.85. The maximum atomic E-state index is 14.1. The lowest BCUT2D eigenvalue weighted by atomic mass is 9.93. The molecular weight excluding hydrogens is 1350 g/mol. The highest BCUT2D eigenvalue weighted by Crippen LogP contribution is 2.31. The fourth-order valence-electron chi connectivity index (χ4n) is 11.5. The fraction of sp³-hybridized carbons (Fsp3) is 0.494. The fourth-order valence-corrected chi connectivity index (χ4v) is 11.8. The number of epoxide rings is 2. The number of terminal acetylenes is 1. The molecule has 0 aliphatic carbocycles. The number of nitrogens with one attached hydrogen (secondary N) is 9. The molecule has 2 saturated heterocycles. The Morgan fingerprint density at radius 1 is 0.410 bits per heavy atom. The number of rotatable bonds is 37. The zero-order chi connectivity index (χ0) is 76.7. The molecule has 5 aromatic rings. The van der Waals surface area contributed by atoms with Gasteiger partial charge in [0.2, 0.25) is 35.4 Å². The molecule has 105 heavy (non-hydrogen) atoms. The van der Waals surface area contributed by atoms with Crippen molar-refractivity contribution in [3.63, 3.8) is 0 Å². The molecule has 7 rings (SSSR count). The first-order chi connectivity index (χ1) is 49.3. The molecule has 5 aromatic carbocycles. The van der Waals surface area contributed by atoms with Crippen LogP contribution in [0, 0.1) is 36.5 Å². The Kier molecular flexibility index (Phi) is 36.3. The first-order valence-electron chi connectivity index (χ1n) is 36.1. The summed E-state index contributed by atoms with van der Waals surface area (Å²) < 4.78 is 16.2. The second kappa shape index (κ2) is 43.2. The van der Waals surface area contributed by atoms with Gasteiger partial charge in [-0.2, -0.15) is 0 Å². The number of carbonyl (C=O) groups is 9. The molecule has 2 fully saturated rings. The lowest BCUT2D eigenvalue weighted by Gasteiger charge is -2.28. The largest absolute Gasteiger partial charge is 0.444 e. The minimum absolute atomic E-state index is 0. The van der Waals surface area contributed by atoms with E-state index in [1.807, 2.05) is 207 Å². The van der Waals surface area contributed by atoms with Crippen LogP contribution in [0.4, 0.5) is 10.5 Å². The average Bonchev–Trinajstić information content (AvgIpc) is 1.65. The third kappa shape index (κ3) is 31.9. The Bertz CT molecular complexity index is 3580. The molecule has 2 heterocycles. The van der Waals surface area contributed by atoms with Crippen molar-refractivity contribution in [1.29, 1.82) is 0 Å². The third-order valence-electron chi connectivity index (χ3n) is 17.2. The van der Waals surface area contributed by atoms with Crippen LogP contribution in [0.2, 0.25) is 0 Å². The number of benzene rings is 5. The van der Waals surface area contributed by atoms with Crippen LogP contribution in [0.25, 0.3) is 0 Å². The van der Waals surface area contributed by atoms with E-state index in [2.05, 4.69) is 60.7 Å². The van der Waals surface area contributed by atoms with Crippen molar-refractivity contribution in [3.8, 4) is 12.8 Å². The summed E-state index contributed by atoms with van der Waals surface area (Å²) in [4.78, 5) is 123. The monoisotopic (exact) mass is 1460 g/mol. The van der Waals surface area contributed by atoms with E-state index >= 15 is 0 Å². The number of ketones is 2. The van der Waals surface area contributed by atoms with E-state index in [1.165, 1.54) is 0 Å². The summed E-state index contributed by atoms with van der Waals surface area (Å²) in [6.07, 6.45) is 10.8. The van der Waals surface area contributed by atoms with E-state index in [9.17, 15) is 43.2 Å². The Labute approximate surface area is 628 Å². The lowest BCUT2D eigenvalue weighted by molar-refractivity contribution is -0.134. The molecule has 0 aromatic heterocycles. The number of para-hydroxylation sites is 1. The van der Waals surface area contributed by atoms with E-state index in [4.69, 9.17) is 26.4 Å². The number of thiocarbonyl (C=S) groups is 1. The van der Waals surface area contributed by atoms with Crippen LogP contribution in [0.15, 0.2) is 152 Å². The standard InChI is InChI=1S/C41H53N5O5S.C39H56N4O7.C2H2.CH4/c1-27(2)23-33(36(47)41(5)26-51-41)43-39(50)35(25-30-17-11-7-12-18-30)45-38(49)34(24-28(3)4)44-37(48)32(22-21-29-15-9-6-10-16-29)46-40(52)42-31-19-13-8-14-20-31;1-25(2)21-30(33(44)39(8)24-49-39)40-36(47)32(23-28-17-13-10-14-18-28)42-35(46)31(22-26(3)4)41-34(45)29(43-37(48)50-38(5,6)7)20-19-27-15-11-9-12-16-27;1-2;/h6-20,27-28,32-35H,21-26H2,1-5H3,(H,43,50)(H,44,48)(H,45,49)(H2,42,46,52);9-18,25-26,29-32H,19-24H2,1-8H3,(H,40,47)(H,41,45)(H,42,46)(H,43,48);1-2H;1H4/t32-,33-,34-,35-,41+;29-,30-,31-,32-,39+;;/m00../s1. The van der Waals surface area contributed by atoms with Gasteiger partial charge in [0.05, 0.1) is 25.3 Å². The Balaban J connectivity index is 0.000000430. The third-order valence-corrected chi connectivity index (χ3v) is 17.4. The van der Waals surface area contributed by atoms with Crippen LogP contribution in [0.1, 0.15) is 158 Å². The van der Waals surface area contributed by atoms with Gasteiger partial charge in [-0.3, -0.25) is 38.4 Å². The van der Waals surface area contributed by atoms with Crippen molar-refractivity contribution in [3.05, 3.63) is 174 Å². The van der Waals surface area contributed by atoms with Crippen molar-refractivity contribution in [2.24, 2.45) is 23.7 Å². The van der Waals surface area contributed by atoms with Gasteiger partial charge in [-0.25, -0.2) is 4.79 Å². The summed E-state index contributed by atoms with van der Waals surface area (Å²) >= 11 is 5.59. The van der Waals surface area contributed by atoms with Crippen molar-refractivity contribution in [2.75, 3.05) is 18.5 Å². The zero-order valence-electron chi connectivity index (χ0n) is 62.8. The summed E-state index contributed by atoms with van der Waals surface area (Å²) in [5.74, 6) is -3.06. The van der Waals surface area contributed by atoms with Crippen LogP contribution >= 0.6 is 12.2 Å². The van der Waals surface area contributed by atoms with E-state index in [0.29, 0.717) is 51.7 Å². The summed E-state index contributed by atoms with van der Waals surface area (Å²) in [6.45, 7) is 24.9. The van der Waals surface area contributed by atoms with Crippen molar-refractivity contribution in [1.82, 2.24) is 42.5 Å². The average molecular weight is 1460 g/mol. The summed E-state index contributed by atoms with van der Waals surface area (Å²) in [5, 5.41) is 26.7. The Morgan fingerprint density at radius 2 is 0.676 bits per heavy atom. The van der Waals surface area contributed by atoms with Gasteiger partial charge in [0, 0.05) is 18.5 Å². The number of alkyl carbamates (subject to hydrolysis) is 1. The predicted molar refractivity (Wildman–Crippen MR) is 417 cm³/mol. The molecule has 0 saturated carbocycles. The highest BCUT2D eigenvalue weighted by Gasteiger charge is 2.51. The number of hydrogen-bond donors (Lipinski definition) is 9. The number of aryl methyl sites for hydroxylation is 2. The van der Waals surface area contributed by atoms with Gasteiger partial charge in [0.1, 0.15) is 53.1 Å². The second-order valence-corrected chi connectivity index (χ2v) is 30.2. The summed E-state index contributed by atoms with van der Waals surface area (Å²) in [6, 6.07) is 40.1. The summed E-state index contributed by atoms with van der Waals surface area (Å²) in [7, 11) is 0. The molecule has 10 atom stereocenters. The predicted octanol–water partition coefficient (Wildman–Crippen LogP) is 10.7. The van der Waals surface area contributed by atoms with E-state index in [-0.39, 0.29) is 73.5 Å². The molecule has 0 bridgehead atoms. The second-order valence-electron chi connectivity index (χ2n) is 29.8. The van der Waals surface area contributed by atoms with Gasteiger partial charge in [-0.15, -0.1) is 12.8 Å². The first-order valence-corrected chi connectivity index (χ1v) is 36.5.